The van der Waals surface area contributed by atoms with E-state index in [0.717, 1.165) is 0 Å². The number of carbonyl (C=O) groups is 1. The SMILES string of the molecule is N[C@H](C=O)CC(O)O. The van der Waals surface area contributed by atoms with Crippen molar-refractivity contribution in [3.63, 3.8) is 0 Å². The van der Waals surface area contributed by atoms with E-state index in [9.17, 15) is 4.79 Å². The van der Waals surface area contributed by atoms with Gasteiger partial charge in [0.1, 0.15) is 6.29 Å². The van der Waals surface area contributed by atoms with Gasteiger partial charge in [0.2, 0.25) is 0 Å². The number of aldehydes is 1. The van der Waals surface area contributed by atoms with E-state index < -0.39 is 12.3 Å². The van der Waals surface area contributed by atoms with Gasteiger partial charge in [-0.05, 0) is 0 Å². The molecule has 4 N–H and O–H groups in total. The molecule has 4 nitrogen and oxygen atoms in total. The molecule has 0 aliphatic rings. The lowest BCUT2D eigenvalue weighted by Gasteiger charge is -2.03. The van der Waals surface area contributed by atoms with Crippen LogP contribution in [0.1, 0.15) is 6.42 Å². The van der Waals surface area contributed by atoms with Crippen molar-refractivity contribution < 1.29 is 15.0 Å². The van der Waals surface area contributed by atoms with Gasteiger partial charge in [0.05, 0.1) is 6.04 Å². The predicted molar refractivity (Wildman–Crippen MR) is 26.9 cm³/mol. The van der Waals surface area contributed by atoms with Crippen molar-refractivity contribution in [2.45, 2.75) is 18.8 Å². The first-order chi connectivity index (χ1) is 3.66. The molecular formula is C4H9NO3. The van der Waals surface area contributed by atoms with E-state index in [1.165, 1.54) is 0 Å². The molecular weight excluding hydrogens is 110 g/mol. The molecule has 0 aliphatic carbocycles. The Morgan fingerprint density at radius 3 is 2.25 bits per heavy atom. The monoisotopic (exact) mass is 119 g/mol. The fourth-order valence-electron chi connectivity index (χ4n) is 0.299. The largest absolute Gasteiger partial charge is 0.368 e. The average Bonchev–Trinajstić information content (AvgIpc) is 1.65. The zero-order chi connectivity index (χ0) is 6.57. The zero-order valence-corrected chi connectivity index (χ0v) is 4.32. The third-order valence-electron chi connectivity index (χ3n) is 0.658. The Balaban J connectivity index is 3.23. The summed E-state index contributed by atoms with van der Waals surface area (Å²) in [7, 11) is 0. The summed E-state index contributed by atoms with van der Waals surface area (Å²) in [6, 6.07) is -0.755. The van der Waals surface area contributed by atoms with Gasteiger partial charge in [-0.2, -0.15) is 0 Å². The number of carbonyl (C=O) groups excluding carboxylic acids is 1. The number of hydrogen-bond acceptors (Lipinski definition) is 4. The first-order valence-electron chi connectivity index (χ1n) is 2.24. The van der Waals surface area contributed by atoms with E-state index in [2.05, 4.69) is 0 Å². The smallest absolute Gasteiger partial charge is 0.153 e. The molecule has 0 heterocycles. The fourth-order valence-corrected chi connectivity index (χ4v) is 0.299. The van der Waals surface area contributed by atoms with Crippen LogP contribution in [0.5, 0.6) is 0 Å². The molecule has 0 aromatic heterocycles. The average molecular weight is 119 g/mol. The van der Waals surface area contributed by atoms with Crippen molar-refractivity contribution >= 4 is 6.29 Å². The van der Waals surface area contributed by atoms with Crippen molar-refractivity contribution in [3.8, 4) is 0 Å². The maximum atomic E-state index is 9.69. The summed E-state index contributed by atoms with van der Waals surface area (Å²) in [5.74, 6) is 0. The van der Waals surface area contributed by atoms with Crippen LogP contribution in [-0.4, -0.2) is 28.8 Å². The van der Waals surface area contributed by atoms with Crippen LogP contribution in [0.3, 0.4) is 0 Å². The van der Waals surface area contributed by atoms with Gasteiger partial charge in [-0.3, -0.25) is 0 Å². The van der Waals surface area contributed by atoms with Gasteiger partial charge < -0.3 is 20.7 Å². The second-order valence-corrected chi connectivity index (χ2v) is 1.52. The minimum atomic E-state index is -1.48. The molecule has 0 bridgehead atoms. The number of aliphatic hydroxyl groups excluding tert-OH is 1. The van der Waals surface area contributed by atoms with E-state index >= 15 is 0 Å². The highest BCUT2D eigenvalue weighted by molar-refractivity contribution is 5.56. The van der Waals surface area contributed by atoms with E-state index in [1.54, 1.807) is 0 Å². The van der Waals surface area contributed by atoms with Gasteiger partial charge in [0, 0.05) is 6.42 Å². The Kier molecular flexibility index (Phi) is 3.34. The normalized spacial score (nSPS) is 14.0. The lowest BCUT2D eigenvalue weighted by molar-refractivity contribution is -0.112. The summed E-state index contributed by atoms with van der Waals surface area (Å²) in [6.07, 6.45) is -1.10. The highest BCUT2D eigenvalue weighted by Gasteiger charge is 2.04. The number of hydrogen-bond donors (Lipinski definition) is 3. The minimum Gasteiger partial charge on any atom is -0.368 e. The van der Waals surface area contributed by atoms with Gasteiger partial charge >= 0.3 is 0 Å². The third-order valence-corrected chi connectivity index (χ3v) is 0.658. The quantitative estimate of drug-likeness (QED) is 0.303. The number of nitrogens with two attached hydrogens (primary N) is 1. The highest BCUT2D eigenvalue weighted by atomic mass is 16.5. The maximum absolute atomic E-state index is 9.69. The van der Waals surface area contributed by atoms with Crippen LogP contribution in [0.4, 0.5) is 0 Å². The van der Waals surface area contributed by atoms with Crippen LogP contribution in [0.2, 0.25) is 0 Å². The Hall–Kier alpha value is -0.450. The van der Waals surface area contributed by atoms with Crippen molar-refractivity contribution in [1.29, 1.82) is 0 Å². The number of rotatable bonds is 3. The maximum Gasteiger partial charge on any atom is 0.153 e. The van der Waals surface area contributed by atoms with Crippen molar-refractivity contribution in [3.05, 3.63) is 0 Å². The zero-order valence-electron chi connectivity index (χ0n) is 4.32. The van der Waals surface area contributed by atoms with Crippen LogP contribution < -0.4 is 5.73 Å². The molecule has 48 valence electrons. The van der Waals surface area contributed by atoms with Crippen LogP contribution >= 0.6 is 0 Å². The standard InChI is InChI=1S/C4H9NO3/c5-3(2-6)1-4(7)8/h2-4,7-8H,1,5H2/t3-/m0/s1. The molecule has 4 heteroatoms. The molecule has 0 aliphatic heterocycles. The van der Waals surface area contributed by atoms with Crippen LogP contribution in [0, 0.1) is 0 Å². The molecule has 0 aromatic rings. The van der Waals surface area contributed by atoms with Crippen LogP contribution in [0.15, 0.2) is 0 Å². The summed E-state index contributed by atoms with van der Waals surface area (Å²) in [6.45, 7) is 0. The lowest BCUT2D eigenvalue weighted by atomic mass is 10.2. The van der Waals surface area contributed by atoms with Gasteiger partial charge in [-0.15, -0.1) is 0 Å². The van der Waals surface area contributed by atoms with Crippen molar-refractivity contribution in [2.24, 2.45) is 5.73 Å². The van der Waals surface area contributed by atoms with E-state index in [4.69, 9.17) is 15.9 Å². The molecule has 0 spiro atoms. The molecule has 8 heavy (non-hydrogen) atoms. The second-order valence-electron chi connectivity index (χ2n) is 1.52. The van der Waals surface area contributed by atoms with Crippen LogP contribution in [-0.2, 0) is 4.79 Å². The molecule has 0 aromatic carbocycles. The van der Waals surface area contributed by atoms with Gasteiger partial charge in [0.15, 0.2) is 6.29 Å². The van der Waals surface area contributed by atoms with E-state index in [0.29, 0.717) is 6.29 Å². The Labute approximate surface area is 46.9 Å². The topological polar surface area (TPSA) is 83.6 Å². The lowest BCUT2D eigenvalue weighted by Crippen LogP contribution is -2.26. The molecule has 0 saturated carbocycles. The summed E-state index contributed by atoms with van der Waals surface area (Å²) < 4.78 is 0. The summed E-state index contributed by atoms with van der Waals surface area (Å²) in [5.41, 5.74) is 4.99. The van der Waals surface area contributed by atoms with Crippen molar-refractivity contribution in [2.75, 3.05) is 0 Å². The molecule has 0 saturated heterocycles. The summed E-state index contributed by atoms with van der Waals surface area (Å²) in [5, 5.41) is 16.3. The Morgan fingerprint density at radius 1 is 1.62 bits per heavy atom. The fraction of sp³-hybridized carbons (Fsp3) is 0.750. The van der Waals surface area contributed by atoms with Gasteiger partial charge in [-0.25, -0.2) is 0 Å². The first-order valence-corrected chi connectivity index (χ1v) is 2.24. The molecule has 0 rings (SSSR count). The third kappa shape index (κ3) is 3.73. The van der Waals surface area contributed by atoms with Crippen molar-refractivity contribution in [1.82, 2.24) is 0 Å². The minimum absolute atomic E-state index is 0.0938. The van der Waals surface area contributed by atoms with E-state index in [1.807, 2.05) is 0 Å². The number of aliphatic hydroxyl groups is 2. The Morgan fingerprint density at radius 2 is 2.12 bits per heavy atom. The molecule has 0 radical (unpaired) electrons. The Bertz CT molecular complexity index is 73.7. The summed E-state index contributed by atoms with van der Waals surface area (Å²) in [4.78, 5) is 9.69. The molecule has 0 amide bonds. The molecule has 0 unspecified atom stereocenters. The van der Waals surface area contributed by atoms with Crippen LogP contribution in [0.25, 0.3) is 0 Å². The second kappa shape index (κ2) is 3.54. The first kappa shape index (κ1) is 7.55. The molecule has 1 atom stereocenters. The predicted octanol–water partition coefficient (Wildman–Crippen LogP) is -1.79. The highest BCUT2D eigenvalue weighted by Crippen LogP contribution is 1.87. The summed E-state index contributed by atoms with van der Waals surface area (Å²) >= 11 is 0. The molecule has 0 fully saturated rings. The van der Waals surface area contributed by atoms with Gasteiger partial charge in [-0.1, -0.05) is 0 Å². The van der Waals surface area contributed by atoms with E-state index in [-0.39, 0.29) is 6.42 Å². The van der Waals surface area contributed by atoms with Gasteiger partial charge in [0.25, 0.3) is 0 Å².